The van der Waals surface area contributed by atoms with Gasteiger partial charge in [-0.05, 0) is 49.7 Å². The standard InChI is InChI=1S/C18H19ClFNO3/c1-13(24-17-6-3-2-5-16(17)19)18(22)21-11-4-12-23-15-9-7-14(20)8-10-15/h2-3,5-10,13H,4,11-12H2,1H3,(H,21,22). The summed E-state index contributed by atoms with van der Waals surface area (Å²) in [6.07, 6.45) is -0.0232. The van der Waals surface area contributed by atoms with Crippen LogP contribution in [0.5, 0.6) is 11.5 Å². The summed E-state index contributed by atoms with van der Waals surface area (Å²) in [7, 11) is 0. The van der Waals surface area contributed by atoms with E-state index in [1.54, 1.807) is 43.3 Å². The Hall–Kier alpha value is -2.27. The molecule has 0 heterocycles. The van der Waals surface area contributed by atoms with Gasteiger partial charge in [0, 0.05) is 6.54 Å². The lowest BCUT2D eigenvalue weighted by atomic mass is 10.3. The van der Waals surface area contributed by atoms with Crippen LogP contribution in [0.25, 0.3) is 0 Å². The van der Waals surface area contributed by atoms with Crippen LogP contribution in [-0.2, 0) is 4.79 Å². The maximum atomic E-state index is 12.8. The highest BCUT2D eigenvalue weighted by Gasteiger charge is 2.15. The molecule has 0 fully saturated rings. The Labute approximate surface area is 145 Å². The lowest BCUT2D eigenvalue weighted by Crippen LogP contribution is -2.37. The molecule has 0 aliphatic carbocycles. The number of amides is 1. The van der Waals surface area contributed by atoms with Crippen LogP contribution in [-0.4, -0.2) is 25.2 Å². The fraction of sp³-hybridized carbons (Fsp3) is 0.278. The molecule has 1 unspecified atom stereocenters. The van der Waals surface area contributed by atoms with Gasteiger partial charge in [-0.15, -0.1) is 0 Å². The number of ether oxygens (including phenoxy) is 2. The molecule has 1 amide bonds. The number of hydrogen-bond donors (Lipinski definition) is 1. The number of rotatable bonds is 8. The Kier molecular flexibility index (Phi) is 6.88. The molecule has 0 saturated heterocycles. The normalized spacial score (nSPS) is 11.6. The molecule has 128 valence electrons. The number of carbonyl (C=O) groups is 1. The van der Waals surface area contributed by atoms with E-state index < -0.39 is 6.10 Å². The van der Waals surface area contributed by atoms with Crippen LogP contribution < -0.4 is 14.8 Å². The van der Waals surface area contributed by atoms with Crippen LogP contribution in [0, 0.1) is 5.82 Å². The molecule has 24 heavy (non-hydrogen) atoms. The molecule has 0 saturated carbocycles. The van der Waals surface area contributed by atoms with Gasteiger partial charge in [0.1, 0.15) is 17.3 Å². The number of benzene rings is 2. The minimum absolute atomic E-state index is 0.225. The average molecular weight is 352 g/mol. The molecule has 4 nitrogen and oxygen atoms in total. The van der Waals surface area contributed by atoms with Gasteiger partial charge in [0.2, 0.25) is 0 Å². The van der Waals surface area contributed by atoms with E-state index >= 15 is 0 Å². The van der Waals surface area contributed by atoms with Gasteiger partial charge >= 0.3 is 0 Å². The number of hydrogen-bond acceptors (Lipinski definition) is 3. The highest BCUT2D eigenvalue weighted by molar-refractivity contribution is 6.32. The van der Waals surface area contributed by atoms with Crippen LogP contribution in [0.2, 0.25) is 5.02 Å². The fourth-order valence-corrected chi connectivity index (χ4v) is 2.11. The molecular formula is C18H19ClFNO3. The maximum absolute atomic E-state index is 12.8. The summed E-state index contributed by atoms with van der Waals surface area (Å²) in [6.45, 7) is 2.54. The molecule has 0 spiro atoms. The summed E-state index contributed by atoms with van der Waals surface area (Å²) in [5, 5.41) is 3.23. The molecule has 0 aliphatic rings. The van der Waals surface area contributed by atoms with Crippen molar-refractivity contribution >= 4 is 17.5 Å². The Morgan fingerprint density at radius 2 is 1.92 bits per heavy atom. The molecule has 0 bridgehead atoms. The molecule has 2 aromatic rings. The summed E-state index contributed by atoms with van der Waals surface area (Å²) in [5.41, 5.74) is 0. The van der Waals surface area contributed by atoms with E-state index in [0.29, 0.717) is 36.1 Å². The van der Waals surface area contributed by atoms with Gasteiger partial charge in [-0.1, -0.05) is 23.7 Å². The average Bonchev–Trinajstić information content (AvgIpc) is 2.58. The SMILES string of the molecule is CC(Oc1ccccc1Cl)C(=O)NCCCOc1ccc(F)cc1. The summed E-state index contributed by atoms with van der Waals surface area (Å²) >= 11 is 5.99. The van der Waals surface area contributed by atoms with Gasteiger partial charge < -0.3 is 14.8 Å². The Bertz CT molecular complexity index is 664. The van der Waals surface area contributed by atoms with E-state index in [1.165, 1.54) is 12.1 Å². The van der Waals surface area contributed by atoms with Gasteiger partial charge in [0.15, 0.2) is 6.10 Å². The van der Waals surface area contributed by atoms with Crippen molar-refractivity contribution in [2.24, 2.45) is 0 Å². The molecular weight excluding hydrogens is 333 g/mol. The summed E-state index contributed by atoms with van der Waals surface area (Å²) < 4.78 is 23.7. The van der Waals surface area contributed by atoms with Gasteiger partial charge in [0.25, 0.3) is 5.91 Å². The first-order chi connectivity index (χ1) is 11.6. The summed E-state index contributed by atoms with van der Waals surface area (Å²) in [5.74, 6) is 0.540. The number of carbonyl (C=O) groups excluding carboxylic acids is 1. The van der Waals surface area contributed by atoms with Crippen LogP contribution in [0.1, 0.15) is 13.3 Å². The molecule has 2 aromatic carbocycles. The summed E-state index contributed by atoms with van der Waals surface area (Å²) in [6, 6.07) is 12.8. The van der Waals surface area contributed by atoms with Crippen LogP contribution in [0.3, 0.4) is 0 Å². The van der Waals surface area contributed by atoms with Crippen molar-refractivity contribution < 1.29 is 18.7 Å². The second-order valence-corrected chi connectivity index (χ2v) is 5.54. The largest absolute Gasteiger partial charge is 0.494 e. The molecule has 1 atom stereocenters. The van der Waals surface area contributed by atoms with Gasteiger partial charge in [-0.2, -0.15) is 0 Å². The second kappa shape index (κ2) is 9.13. The van der Waals surface area contributed by atoms with E-state index in [1.807, 2.05) is 0 Å². The molecule has 1 N–H and O–H groups in total. The fourth-order valence-electron chi connectivity index (χ4n) is 1.93. The van der Waals surface area contributed by atoms with Gasteiger partial charge in [0.05, 0.1) is 11.6 Å². The number of halogens is 2. The van der Waals surface area contributed by atoms with Crippen LogP contribution in [0.15, 0.2) is 48.5 Å². The Morgan fingerprint density at radius 1 is 1.21 bits per heavy atom. The highest BCUT2D eigenvalue weighted by Crippen LogP contribution is 2.24. The monoisotopic (exact) mass is 351 g/mol. The zero-order chi connectivity index (χ0) is 17.4. The Morgan fingerprint density at radius 3 is 2.62 bits per heavy atom. The lowest BCUT2D eigenvalue weighted by molar-refractivity contribution is -0.127. The van der Waals surface area contributed by atoms with Crippen molar-refractivity contribution in [1.29, 1.82) is 0 Å². The predicted molar refractivity (Wildman–Crippen MR) is 91.1 cm³/mol. The molecule has 0 aromatic heterocycles. The van der Waals surface area contributed by atoms with Gasteiger partial charge in [-0.3, -0.25) is 4.79 Å². The van der Waals surface area contributed by atoms with Crippen molar-refractivity contribution in [3.63, 3.8) is 0 Å². The minimum Gasteiger partial charge on any atom is -0.494 e. The third-order valence-corrected chi connectivity index (χ3v) is 3.52. The second-order valence-electron chi connectivity index (χ2n) is 5.14. The first-order valence-electron chi connectivity index (χ1n) is 7.63. The minimum atomic E-state index is -0.650. The zero-order valence-electron chi connectivity index (χ0n) is 13.3. The van der Waals surface area contributed by atoms with Crippen LogP contribution in [0.4, 0.5) is 4.39 Å². The van der Waals surface area contributed by atoms with Crippen molar-refractivity contribution in [1.82, 2.24) is 5.32 Å². The molecule has 2 rings (SSSR count). The first kappa shape index (κ1) is 18.1. The number of para-hydroxylation sites is 1. The first-order valence-corrected chi connectivity index (χ1v) is 8.01. The number of nitrogens with one attached hydrogen (secondary N) is 1. The van der Waals surface area contributed by atoms with E-state index in [4.69, 9.17) is 21.1 Å². The quantitative estimate of drug-likeness (QED) is 0.735. The van der Waals surface area contributed by atoms with E-state index in [-0.39, 0.29) is 11.7 Å². The van der Waals surface area contributed by atoms with Crippen molar-refractivity contribution in [3.05, 3.63) is 59.4 Å². The lowest BCUT2D eigenvalue weighted by Gasteiger charge is -2.15. The predicted octanol–water partition coefficient (Wildman–Crippen LogP) is 3.83. The van der Waals surface area contributed by atoms with E-state index in [0.717, 1.165) is 0 Å². The molecule has 6 heteroatoms. The Balaban J connectivity index is 1.65. The third-order valence-electron chi connectivity index (χ3n) is 3.21. The van der Waals surface area contributed by atoms with E-state index in [9.17, 15) is 9.18 Å². The maximum Gasteiger partial charge on any atom is 0.260 e. The summed E-state index contributed by atoms with van der Waals surface area (Å²) in [4.78, 5) is 12.0. The topological polar surface area (TPSA) is 47.6 Å². The zero-order valence-corrected chi connectivity index (χ0v) is 14.1. The third kappa shape index (κ3) is 5.74. The molecule has 0 radical (unpaired) electrons. The molecule has 0 aliphatic heterocycles. The van der Waals surface area contributed by atoms with Crippen molar-refractivity contribution in [2.45, 2.75) is 19.4 Å². The van der Waals surface area contributed by atoms with Gasteiger partial charge in [-0.25, -0.2) is 4.39 Å². The van der Waals surface area contributed by atoms with Crippen molar-refractivity contribution in [3.8, 4) is 11.5 Å². The van der Waals surface area contributed by atoms with E-state index in [2.05, 4.69) is 5.32 Å². The van der Waals surface area contributed by atoms with Crippen molar-refractivity contribution in [2.75, 3.05) is 13.2 Å². The smallest absolute Gasteiger partial charge is 0.260 e. The highest BCUT2D eigenvalue weighted by atomic mass is 35.5. The van der Waals surface area contributed by atoms with Crippen LogP contribution >= 0.6 is 11.6 Å².